The van der Waals surface area contributed by atoms with Gasteiger partial charge in [-0.15, -0.1) is 0 Å². The maximum Gasteiger partial charge on any atom is 0.271 e. The second kappa shape index (κ2) is 5.44. The van der Waals surface area contributed by atoms with E-state index in [-0.39, 0.29) is 11.4 Å². The molecule has 1 saturated carbocycles. The van der Waals surface area contributed by atoms with E-state index in [1.165, 1.54) is 12.6 Å². The lowest BCUT2D eigenvalue weighted by Crippen LogP contribution is -2.54. The van der Waals surface area contributed by atoms with Gasteiger partial charge in [0.25, 0.3) is 5.91 Å². The molecule has 1 aliphatic carbocycles. The molecule has 0 bridgehead atoms. The summed E-state index contributed by atoms with van der Waals surface area (Å²) >= 11 is 0. The van der Waals surface area contributed by atoms with E-state index in [1.807, 2.05) is 6.92 Å². The summed E-state index contributed by atoms with van der Waals surface area (Å²) in [6, 6.07) is 0. The van der Waals surface area contributed by atoms with Gasteiger partial charge in [-0.05, 0) is 19.8 Å². The van der Waals surface area contributed by atoms with Crippen LogP contribution in [0.25, 0.3) is 0 Å². The number of nitrogens with two attached hydrogens (primary N) is 1. The first-order valence-corrected chi connectivity index (χ1v) is 6.46. The van der Waals surface area contributed by atoms with Crippen molar-refractivity contribution in [2.45, 2.75) is 44.6 Å². The van der Waals surface area contributed by atoms with Crippen molar-refractivity contribution in [3.8, 4) is 0 Å². The number of rotatable bonds is 3. The number of carbonyl (C=O) groups excluding carboxylic acids is 1. The molecule has 5 nitrogen and oxygen atoms in total. The fraction of sp³-hybridized carbons (Fsp3) is 0.615. The Morgan fingerprint density at radius 2 is 2.06 bits per heavy atom. The Morgan fingerprint density at radius 3 is 2.61 bits per heavy atom. The minimum Gasteiger partial charge on any atom is -0.344 e. The maximum absolute atomic E-state index is 12.1. The Bertz CT molecular complexity index is 410. The Morgan fingerprint density at radius 1 is 1.33 bits per heavy atom. The third-order valence-electron chi connectivity index (χ3n) is 3.59. The first kappa shape index (κ1) is 13.0. The zero-order chi connectivity index (χ0) is 13.0. The number of hydrogen-bond donors (Lipinski definition) is 2. The molecule has 1 aromatic rings. The van der Waals surface area contributed by atoms with Gasteiger partial charge >= 0.3 is 0 Å². The normalized spacial score (nSPS) is 18.3. The van der Waals surface area contributed by atoms with E-state index >= 15 is 0 Å². The molecule has 0 atom stereocenters. The second-order valence-corrected chi connectivity index (χ2v) is 5.04. The fourth-order valence-electron chi connectivity index (χ4n) is 2.42. The molecule has 5 heteroatoms. The Balaban J connectivity index is 2.07. The van der Waals surface area contributed by atoms with Gasteiger partial charge in [0.05, 0.1) is 17.4 Å². The lowest BCUT2D eigenvalue weighted by molar-refractivity contribution is 0.0869. The van der Waals surface area contributed by atoms with Crippen molar-refractivity contribution in [1.29, 1.82) is 0 Å². The summed E-state index contributed by atoms with van der Waals surface area (Å²) < 4.78 is 0. The van der Waals surface area contributed by atoms with Crippen molar-refractivity contribution in [3.63, 3.8) is 0 Å². The molecular weight excluding hydrogens is 228 g/mol. The van der Waals surface area contributed by atoms with Gasteiger partial charge in [-0.2, -0.15) is 0 Å². The van der Waals surface area contributed by atoms with E-state index in [2.05, 4.69) is 15.3 Å². The molecule has 1 aromatic heterocycles. The van der Waals surface area contributed by atoms with Gasteiger partial charge < -0.3 is 11.1 Å². The van der Waals surface area contributed by atoms with Crippen LogP contribution in [0.1, 0.15) is 48.3 Å². The van der Waals surface area contributed by atoms with Gasteiger partial charge in [-0.1, -0.05) is 19.3 Å². The molecule has 3 N–H and O–H groups in total. The summed E-state index contributed by atoms with van der Waals surface area (Å²) in [6.45, 7) is 2.33. The lowest BCUT2D eigenvalue weighted by Gasteiger charge is -2.36. The number of amides is 1. The smallest absolute Gasteiger partial charge is 0.271 e. The number of aryl methyl sites for hydroxylation is 1. The molecule has 0 aliphatic heterocycles. The molecule has 1 fully saturated rings. The Kier molecular flexibility index (Phi) is 3.91. The minimum absolute atomic E-state index is 0.171. The van der Waals surface area contributed by atoms with Gasteiger partial charge in [0, 0.05) is 12.7 Å². The molecule has 0 spiro atoms. The van der Waals surface area contributed by atoms with Crippen molar-refractivity contribution >= 4 is 5.91 Å². The number of nitrogens with one attached hydrogen (secondary N) is 1. The van der Waals surface area contributed by atoms with Crippen molar-refractivity contribution in [3.05, 3.63) is 23.8 Å². The van der Waals surface area contributed by atoms with E-state index in [4.69, 9.17) is 5.73 Å². The van der Waals surface area contributed by atoms with Gasteiger partial charge in [-0.25, -0.2) is 4.98 Å². The zero-order valence-corrected chi connectivity index (χ0v) is 10.8. The van der Waals surface area contributed by atoms with Gasteiger partial charge in [0.2, 0.25) is 0 Å². The van der Waals surface area contributed by atoms with Crippen LogP contribution in [0.5, 0.6) is 0 Å². The molecule has 18 heavy (non-hydrogen) atoms. The maximum atomic E-state index is 12.1. The predicted octanol–water partition coefficient (Wildman–Crippen LogP) is 1.18. The summed E-state index contributed by atoms with van der Waals surface area (Å²) in [5, 5.41) is 3.05. The van der Waals surface area contributed by atoms with Crippen LogP contribution >= 0.6 is 0 Å². The van der Waals surface area contributed by atoms with Crippen molar-refractivity contribution in [2.24, 2.45) is 5.73 Å². The van der Waals surface area contributed by atoms with Crippen molar-refractivity contribution in [2.75, 3.05) is 6.54 Å². The highest BCUT2D eigenvalue weighted by atomic mass is 16.2. The topological polar surface area (TPSA) is 80.9 Å². The third kappa shape index (κ3) is 2.85. The molecule has 1 heterocycles. The van der Waals surface area contributed by atoms with Crippen LogP contribution in [0.4, 0.5) is 0 Å². The van der Waals surface area contributed by atoms with E-state index in [0.717, 1.165) is 31.4 Å². The van der Waals surface area contributed by atoms with Crippen LogP contribution in [0.2, 0.25) is 0 Å². The first-order valence-electron chi connectivity index (χ1n) is 6.46. The van der Waals surface area contributed by atoms with Gasteiger partial charge in [0.15, 0.2) is 0 Å². The Hall–Kier alpha value is -1.49. The monoisotopic (exact) mass is 248 g/mol. The molecule has 1 aliphatic rings. The molecular formula is C13H20N4O. The van der Waals surface area contributed by atoms with Gasteiger partial charge in [0.1, 0.15) is 5.69 Å². The number of carbonyl (C=O) groups is 1. The average molecular weight is 248 g/mol. The van der Waals surface area contributed by atoms with Crippen LogP contribution in [-0.4, -0.2) is 28.0 Å². The standard InChI is InChI=1S/C13H20N4O/c1-10-7-16-11(8-15-10)12(18)17-13(9-14)5-3-2-4-6-13/h7-8H,2-6,9,14H2,1H3,(H,17,18). The van der Waals surface area contributed by atoms with Crippen LogP contribution in [0.3, 0.4) is 0 Å². The largest absolute Gasteiger partial charge is 0.344 e. The molecule has 0 radical (unpaired) electrons. The summed E-state index contributed by atoms with van der Waals surface area (Å²) in [4.78, 5) is 20.3. The van der Waals surface area contributed by atoms with E-state index in [0.29, 0.717) is 12.2 Å². The van der Waals surface area contributed by atoms with E-state index in [1.54, 1.807) is 6.20 Å². The average Bonchev–Trinajstić information content (AvgIpc) is 2.40. The number of hydrogen-bond acceptors (Lipinski definition) is 4. The molecule has 98 valence electrons. The number of aromatic nitrogens is 2. The highest BCUT2D eigenvalue weighted by molar-refractivity contribution is 5.92. The van der Waals surface area contributed by atoms with E-state index in [9.17, 15) is 4.79 Å². The minimum atomic E-state index is -0.248. The van der Waals surface area contributed by atoms with Crippen LogP contribution in [0, 0.1) is 6.92 Å². The summed E-state index contributed by atoms with van der Waals surface area (Å²) in [5.74, 6) is -0.171. The summed E-state index contributed by atoms with van der Waals surface area (Å²) in [6.07, 6.45) is 8.49. The predicted molar refractivity (Wildman–Crippen MR) is 69.1 cm³/mol. The van der Waals surface area contributed by atoms with E-state index < -0.39 is 0 Å². The first-order chi connectivity index (χ1) is 8.65. The second-order valence-electron chi connectivity index (χ2n) is 5.04. The third-order valence-corrected chi connectivity index (χ3v) is 3.59. The summed E-state index contributed by atoms with van der Waals surface area (Å²) in [7, 11) is 0. The number of nitrogens with zero attached hydrogens (tertiary/aromatic N) is 2. The SMILES string of the molecule is Cc1cnc(C(=O)NC2(CN)CCCCC2)cn1. The molecule has 1 amide bonds. The highest BCUT2D eigenvalue weighted by Crippen LogP contribution is 2.27. The lowest BCUT2D eigenvalue weighted by atomic mass is 9.81. The molecule has 0 aromatic carbocycles. The molecule has 0 saturated heterocycles. The molecule has 2 rings (SSSR count). The summed E-state index contributed by atoms with van der Waals surface area (Å²) in [5.41, 5.74) is 6.75. The zero-order valence-electron chi connectivity index (χ0n) is 10.8. The van der Waals surface area contributed by atoms with Crippen LogP contribution in [0.15, 0.2) is 12.4 Å². The quantitative estimate of drug-likeness (QED) is 0.841. The van der Waals surface area contributed by atoms with Crippen LogP contribution in [-0.2, 0) is 0 Å². The van der Waals surface area contributed by atoms with Gasteiger partial charge in [-0.3, -0.25) is 9.78 Å². The molecule has 0 unspecified atom stereocenters. The highest BCUT2D eigenvalue weighted by Gasteiger charge is 2.32. The van der Waals surface area contributed by atoms with Crippen molar-refractivity contribution < 1.29 is 4.79 Å². The Labute approximate surface area is 107 Å². The fourth-order valence-corrected chi connectivity index (χ4v) is 2.42. The van der Waals surface area contributed by atoms with Crippen molar-refractivity contribution in [1.82, 2.24) is 15.3 Å². The van der Waals surface area contributed by atoms with Crippen LogP contribution < -0.4 is 11.1 Å².